The molecule has 1 heterocycles. The van der Waals surface area contributed by atoms with Gasteiger partial charge in [-0.05, 0) is 19.1 Å². The van der Waals surface area contributed by atoms with Crippen molar-refractivity contribution in [1.29, 1.82) is 0 Å². The predicted molar refractivity (Wildman–Crippen MR) is 78.7 cm³/mol. The summed E-state index contributed by atoms with van der Waals surface area (Å²) in [5.41, 5.74) is 0. The summed E-state index contributed by atoms with van der Waals surface area (Å²) in [5.74, 6) is 1.40. The van der Waals surface area contributed by atoms with Crippen LogP contribution in [0.4, 0.5) is 0 Å². The topological polar surface area (TPSA) is 68.8 Å². The summed E-state index contributed by atoms with van der Waals surface area (Å²) in [6.45, 7) is 4.11. The van der Waals surface area contributed by atoms with Crippen LogP contribution in [0.25, 0.3) is 0 Å². The minimum Gasteiger partial charge on any atom is -0.497 e. The Labute approximate surface area is 124 Å². The number of ether oxygens (including phenoxy) is 3. The molecule has 1 aliphatic heterocycles. The fourth-order valence-corrected chi connectivity index (χ4v) is 2.05. The third kappa shape index (κ3) is 4.91. The van der Waals surface area contributed by atoms with E-state index in [-0.39, 0.29) is 18.1 Å². The van der Waals surface area contributed by atoms with Crippen LogP contribution in [0.5, 0.6) is 11.5 Å². The van der Waals surface area contributed by atoms with Crippen molar-refractivity contribution in [1.82, 2.24) is 10.6 Å². The second-order valence-electron chi connectivity index (χ2n) is 4.93. The summed E-state index contributed by atoms with van der Waals surface area (Å²) in [5, 5.41) is 5.98. The summed E-state index contributed by atoms with van der Waals surface area (Å²) in [4.78, 5) is 11.9. The molecule has 6 heteroatoms. The highest BCUT2D eigenvalue weighted by Crippen LogP contribution is 2.19. The fraction of sp³-hybridized carbons (Fsp3) is 0.533. The van der Waals surface area contributed by atoms with Gasteiger partial charge >= 0.3 is 0 Å². The average Bonchev–Trinajstić information content (AvgIpc) is 2.53. The van der Waals surface area contributed by atoms with E-state index in [0.717, 1.165) is 11.5 Å². The molecule has 2 atom stereocenters. The molecule has 0 spiro atoms. The van der Waals surface area contributed by atoms with Gasteiger partial charge in [0.2, 0.25) is 5.91 Å². The molecule has 1 fully saturated rings. The van der Waals surface area contributed by atoms with Gasteiger partial charge in [0.25, 0.3) is 0 Å². The van der Waals surface area contributed by atoms with E-state index >= 15 is 0 Å². The van der Waals surface area contributed by atoms with Gasteiger partial charge in [0.1, 0.15) is 23.6 Å². The van der Waals surface area contributed by atoms with Crippen LogP contribution in [0.1, 0.15) is 6.92 Å². The standard InChI is InChI=1S/C15H22N2O4/c1-11(21-13-5-3-4-12(8-13)19-2)9-17-15(18)14-10-20-7-6-16-14/h3-5,8,11,14,16H,6-7,9-10H2,1-2H3,(H,17,18). The molecular weight excluding hydrogens is 272 g/mol. The first kappa shape index (κ1) is 15.6. The van der Waals surface area contributed by atoms with Crippen molar-refractivity contribution in [3.05, 3.63) is 24.3 Å². The van der Waals surface area contributed by atoms with E-state index in [2.05, 4.69) is 10.6 Å². The molecule has 2 rings (SSSR count). The Morgan fingerprint density at radius 3 is 3.05 bits per heavy atom. The van der Waals surface area contributed by atoms with Gasteiger partial charge in [0, 0.05) is 12.6 Å². The summed E-state index contributed by atoms with van der Waals surface area (Å²) in [6.07, 6.45) is -0.134. The van der Waals surface area contributed by atoms with Crippen molar-refractivity contribution >= 4 is 5.91 Å². The second-order valence-corrected chi connectivity index (χ2v) is 4.93. The van der Waals surface area contributed by atoms with Crippen LogP contribution in [-0.2, 0) is 9.53 Å². The third-order valence-corrected chi connectivity index (χ3v) is 3.18. The first-order chi connectivity index (χ1) is 10.2. The molecule has 2 unspecified atom stereocenters. The fourth-order valence-electron chi connectivity index (χ4n) is 2.05. The van der Waals surface area contributed by atoms with Gasteiger partial charge in [-0.3, -0.25) is 4.79 Å². The van der Waals surface area contributed by atoms with Crippen molar-refractivity contribution in [3.8, 4) is 11.5 Å². The maximum absolute atomic E-state index is 11.9. The molecule has 0 aromatic heterocycles. The summed E-state index contributed by atoms with van der Waals surface area (Å²) < 4.78 is 16.2. The summed E-state index contributed by atoms with van der Waals surface area (Å²) in [7, 11) is 1.61. The van der Waals surface area contributed by atoms with Gasteiger partial charge in [-0.2, -0.15) is 0 Å². The Bertz CT molecular complexity index is 461. The Balaban J connectivity index is 1.75. The van der Waals surface area contributed by atoms with Gasteiger partial charge in [-0.15, -0.1) is 0 Å². The number of hydrogen-bond acceptors (Lipinski definition) is 5. The van der Waals surface area contributed by atoms with E-state index in [0.29, 0.717) is 26.3 Å². The molecule has 0 aliphatic carbocycles. The molecule has 1 amide bonds. The molecule has 0 saturated carbocycles. The number of morpholine rings is 1. The van der Waals surface area contributed by atoms with Crippen molar-refractivity contribution in [2.75, 3.05) is 33.4 Å². The second kappa shape index (κ2) is 7.85. The van der Waals surface area contributed by atoms with Crippen LogP contribution in [0, 0.1) is 0 Å². The van der Waals surface area contributed by atoms with E-state index in [1.165, 1.54) is 0 Å². The number of nitrogens with one attached hydrogen (secondary N) is 2. The number of amides is 1. The minimum absolute atomic E-state index is 0.0595. The van der Waals surface area contributed by atoms with Gasteiger partial charge in [-0.25, -0.2) is 0 Å². The van der Waals surface area contributed by atoms with Crippen LogP contribution < -0.4 is 20.1 Å². The van der Waals surface area contributed by atoms with E-state index in [1.807, 2.05) is 31.2 Å². The molecular formula is C15H22N2O4. The lowest BCUT2D eigenvalue weighted by Crippen LogP contribution is -2.52. The maximum Gasteiger partial charge on any atom is 0.239 e. The third-order valence-electron chi connectivity index (χ3n) is 3.18. The number of carbonyl (C=O) groups excluding carboxylic acids is 1. The smallest absolute Gasteiger partial charge is 0.239 e. The quantitative estimate of drug-likeness (QED) is 0.803. The lowest BCUT2D eigenvalue weighted by atomic mass is 10.2. The van der Waals surface area contributed by atoms with Crippen LogP contribution >= 0.6 is 0 Å². The Hall–Kier alpha value is -1.79. The van der Waals surface area contributed by atoms with E-state index < -0.39 is 0 Å². The molecule has 21 heavy (non-hydrogen) atoms. The first-order valence-electron chi connectivity index (χ1n) is 7.08. The zero-order chi connectivity index (χ0) is 15.1. The highest BCUT2D eigenvalue weighted by molar-refractivity contribution is 5.82. The summed E-state index contributed by atoms with van der Waals surface area (Å²) >= 11 is 0. The van der Waals surface area contributed by atoms with Gasteiger partial charge in [-0.1, -0.05) is 6.07 Å². The normalized spacial score (nSPS) is 19.6. The largest absolute Gasteiger partial charge is 0.497 e. The van der Waals surface area contributed by atoms with Crippen LogP contribution in [0.15, 0.2) is 24.3 Å². The SMILES string of the molecule is COc1cccc(OC(C)CNC(=O)C2COCCN2)c1. The lowest BCUT2D eigenvalue weighted by molar-refractivity contribution is -0.126. The molecule has 2 N–H and O–H groups in total. The van der Waals surface area contributed by atoms with E-state index in [4.69, 9.17) is 14.2 Å². The minimum atomic E-state index is -0.275. The summed E-state index contributed by atoms with van der Waals surface area (Å²) in [6, 6.07) is 7.12. The first-order valence-corrected chi connectivity index (χ1v) is 7.08. The molecule has 1 aromatic rings. The van der Waals surface area contributed by atoms with Gasteiger partial charge in [0.05, 0.1) is 26.9 Å². The van der Waals surface area contributed by atoms with Crippen molar-refractivity contribution in [2.45, 2.75) is 19.1 Å². The Kier molecular flexibility index (Phi) is 5.83. The van der Waals surface area contributed by atoms with Crippen molar-refractivity contribution in [2.24, 2.45) is 0 Å². The van der Waals surface area contributed by atoms with E-state index in [1.54, 1.807) is 7.11 Å². The monoisotopic (exact) mass is 294 g/mol. The molecule has 1 saturated heterocycles. The highest BCUT2D eigenvalue weighted by Gasteiger charge is 2.21. The maximum atomic E-state index is 11.9. The molecule has 1 aliphatic rings. The lowest BCUT2D eigenvalue weighted by Gasteiger charge is -2.24. The van der Waals surface area contributed by atoms with Crippen molar-refractivity contribution in [3.63, 3.8) is 0 Å². The molecule has 116 valence electrons. The zero-order valence-corrected chi connectivity index (χ0v) is 12.4. The number of carbonyl (C=O) groups is 1. The van der Waals surface area contributed by atoms with Crippen LogP contribution in [-0.4, -0.2) is 51.5 Å². The number of methoxy groups -OCH3 is 1. The van der Waals surface area contributed by atoms with Crippen LogP contribution in [0.2, 0.25) is 0 Å². The molecule has 6 nitrogen and oxygen atoms in total. The number of hydrogen-bond donors (Lipinski definition) is 2. The van der Waals surface area contributed by atoms with Gasteiger partial charge < -0.3 is 24.8 Å². The molecule has 1 aromatic carbocycles. The molecule has 0 radical (unpaired) electrons. The predicted octanol–water partition coefficient (Wildman–Crippen LogP) is 0.567. The molecule has 0 bridgehead atoms. The average molecular weight is 294 g/mol. The zero-order valence-electron chi connectivity index (χ0n) is 12.4. The number of benzene rings is 1. The Morgan fingerprint density at radius 1 is 1.52 bits per heavy atom. The Morgan fingerprint density at radius 2 is 2.33 bits per heavy atom. The van der Waals surface area contributed by atoms with Crippen LogP contribution in [0.3, 0.4) is 0 Å². The number of rotatable bonds is 6. The highest BCUT2D eigenvalue weighted by atomic mass is 16.5. The van der Waals surface area contributed by atoms with E-state index in [9.17, 15) is 4.79 Å². The van der Waals surface area contributed by atoms with Gasteiger partial charge in [0.15, 0.2) is 0 Å². The van der Waals surface area contributed by atoms with Crippen molar-refractivity contribution < 1.29 is 19.0 Å².